The average Bonchev–Trinajstić information content (AvgIpc) is 3.48. The molecule has 2 aromatic heterocycles. The summed E-state index contributed by atoms with van der Waals surface area (Å²) >= 11 is 7.36. The molecule has 1 amide bonds. The first-order valence-electron chi connectivity index (χ1n) is 10.9. The van der Waals surface area contributed by atoms with Crippen LogP contribution in [0.15, 0.2) is 89.5 Å². The van der Waals surface area contributed by atoms with Gasteiger partial charge in [-0.3, -0.25) is 9.20 Å². The molecule has 36 heavy (non-hydrogen) atoms. The summed E-state index contributed by atoms with van der Waals surface area (Å²) < 4.78 is 7.68. The van der Waals surface area contributed by atoms with Gasteiger partial charge in [0.25, 0.3) is 0 Å². The number of nitrogens with one attached hydrogen (secondary N) is 1. The van der Waals surface area contributed by atoms with Crippen LogP contribution in [0.5, 0.6) is 11.5 Å². The molecule has 0 radical (unpaired) electrons. The van der Waals surface area contributed by atoms with E-state index in [9.17, 15) is 4.79 Å². The summed E-state index contributed by atoms with van der Waals surface area (Å²) in [6.07, 6.45) is 3.63. The second-order valence-corrected chi connectivity index (χ2v) is 9.06. The zero-order valence-corrected chi connectivity index (χ0v) is 20.3. The van der Waals surface area contributed by atoms with Crippen LogP contribution in [0.3, 0.4) is 0 Å². The van der Waals surface area contributed by atoms with Crippen molar-refractivity contribution in [1.29, 1.82) is 5.26 Å². The van der Waals surface area contributed by atoms with Crippen molar-refractivity contribution < 1.29 is 9.53 Å². The van der Waals surface area contributed by atoms with E-state index in [1.165, 1.54) is 11.3 Å². The van der Waals surface area contributed by atoms with Crippen molar-refractivity contribution in [2.45, 2.75) is 6.42 Å². The first-order chi connectivity index (χ1) is 17.6. The minimum Gasteiger partial charge on any atom is -0.457 e. The summed E-state index contributed by atoms with van der Waals surface area (Å²) in [7, 11) is 0. The number of hydrogen-bond acceptors (Lipinski definition) is 6. The third-order valence-corrected chi connectivity index (χ3v) is 6.41. The standard InChI is InChI=1S/C27H18ClN5O2S/c28-21-7-11-24(12-8-21)35-23-9-3-19(4-10-23)15-30-32-26(34)13-22-17-36-27-31-25(16-33(22)27)20-5-1-18(14-29)2-6-20/h1-12,15-17H,13H2,(H,32,34)/b30-15+. The predicted octanol–water partition coefficient (Wildman–Crippen LogP) is 6.07. The molecule has 2 heterocycles. The van der Waals surface area contributed by atoms with Crippen molar-refractivity contribution >= 4 is 40.0 Å². The SMILES string of the molecule is N#Cc1ccc(-c2cn3c(CC(=O)N/N=C/c4ccc(Oc5ccc(Cl)cc5)cc4)csc3n2)cc1. The number of ether oxygens (including phenoxy) is 1. The van der Waals surface area contributed by atoms with Crippen LogP contribution in [-0.2, 0) is 11.2 Å². The van der Waals surface area contributed by atoms with Crippen LogP contribution >= 0.6 is 22.9 Å². The number of hydrazone groups is 1. The molecule has 0 saturated carbocycles. The molecule has 5 aromatic rings. The fraction of sp³-hybridized carbons (Fsp3) is 0.0370. The van der Waals surface area contributed by atoms with Gasteiger partial charge in [-0.15, -0.1) is 11.3 Å². The van der Waals surface area contributed by atoms with Crippen LogP contribution in [0.25, 0.3) is 16.2 Å². The Hall–Kier alpha value is -4.45. The van der Waals surface area contributed by atoms with Crippen LogP contribution < -0.4 is 10.2 Å². The lowest BCUT2D eigenvalue weighted by Gasteiger charge is -2.05. The lowest BCUT2D eigenvalue weighted by atomic mass is 10.1. The Morgan fingerprint density at radius 2 is 1.78 bits per heavy atom. The highest BCUT2D eigenvalue weighted by Gasteiger charge is 2.12. The molecule has 0 unspecified atom stereocenters. The van der Waals surface area contributed by atoms with Crippen molar-refractivity contribution in [3.8, 4) is 28.8 Å². The van der Waals surface area contributed by atoms with Crippen molar-refractivity contribution in [1.82, 2.24) is 14.8 Å². The number of carbonyl (C=O) groups excluding carboxylic acids is 1. The Morgan fingerprint density at radius 3 is 2.47 bits per heavy atom. The summed E-state index contributed by atoms with van der Waals surface area (Å²) in [6, 6.07) is 23.8. The summed E-state index contributed by atoms with van der Waals surface area (Å²) in [5.74, 6) is 1.14. The van der Waals surface area contributed by atoms with Gasteiger partial charge in [0.15, 0.2) is 4.96 Å². The number of thiazole rings is 1. The highest BCUT2D eigenvalue weighted by atomic mass is 35.5. The Morgan fingerprint density at radius 1 is 1.08 bits per heavy atom. The molecule has 9 heteroatoms. The normalized spacial score (nSPS) is 11.0. The third-order valence-electron chi connectivity index (χ3n) is 5.27. The van der Waals surface area contributed by atoms with Crippen molar-refractivity contribution in [3.63, 3.8) is 0 Å². The van der Waals surface area contributed by atoms with Crippen molar-refractivity contribution in [3.05, 3.63) is 106 Å². The van der Waals surface area contributed by atoms with Gasteiger partial charge >= 0.3 is 0 Å². The molecule has 176 valence electrons. The van der Waals surface area contributed by atoms with Gasteiger partial charge in [-0.25, -0.2) is 10.4 Å². The predicted molar refractivity (Wildman–Crippen MR) is 141 cm³/mol. The molecular weight excluding hydrogens is 494 g/mol. The van der Waals surface area contributed by atoms with Gasteiger partial charge in [0.1, 0.15) is 11.5 Å². The molecule has 0 atom stereocenters. The lowest BCUT2D eigenvalue weighted by molar-refractivity contribution is -0.120. The summed E-state index contributed by atoms with van der Waals surface area (Å²) in [6.45, 7) is 0. The zero-order valence-electron chi connectivity index (χ0n) is 18.8. The quantitative estimate of drug-likeness (QED) is 0.212. The van der Waals surface area contributed by atoms with Gasteiger partial charge in [-0.05, 0) is 66.2 Å². The van der Waals surface area contributed by atoms with Gasteiger partial charge in [0, 0.05) is 27.9 Å². The van der Waals surface area contributed by atoms with Crippen LogP contribution in [0.4, 0.5) is 0 Å². The van der Waals surface area contributed by atoms with Crippen LogP contribution in [0.1, 0.15) is 16.8 Å². The number of benzene rings is 3. The maximum atomic E-state index is 12.5. The molecule has 3 aromatic carbocycles. The van der Waals surface area contributed by atoms with Crippen molar-refractivity contribution in [2.24, 2.45) is 5.10 Å². The number of fused-ring (bicyclic) bond motifs is 1. The summed E-state index contributed by atoms with van der Waals surface area (Å²) in [5.41, 5.74) is 6.50. The summed E-state index contributed by atoms with van der Waals surface area (Å²) in [4.78, 5) is 17.9. The number of imidazole rings is 1. The number of carbonyl (C=O) groups is 1. The number of nitriles is 1. The monoisotopic (exact) mass is 511 g/mol. The number of nitrogens with zero attached hydrogens (tertiary/aromatic N) is 4. The highest BCUT2D eigenvalue weighted by Crippen LogP contribution is 2.25. The van der Waals surface area contributed by atoms with E-state index in [4.69, 9.17) is 21.6 Å². The molecule has 5 rings (SSSR count). The molecule has 7 nitrogen and oxygen atoms in total. The number of rotatable bonds is 7. The van der Waals surface area contributed by atoms with Crippen LogP contribution in [0.2, 0.25) is 5.02 Å². The second-order valence-electron chi connectivity index (χ2n) is 7.79. The number of amides is 1. The van der Waals surface area contributed by atoms with Gasteiger partial charge in [-0.2, -0.15) is 10.4 Å². The molecule has 1 N–H and O–H groups in total. The maximum absolute atomic E-state index is 12.5. The first-order valence-corrected chi connectivity index (χ1v) is 12.1. The van der Waals surface area contributed by atoms with E-state index in [2.05, 4.69) is 21.6 Å². The Labute approximate surface area is 215 Å². The summed E-state index contributed by atoms with van der Waals surface area (Å²) in [5, 5.41) is 15.6. The fourth-order valence-corrected chi connectivity index (χ4v) is 4.45. The van der Waals surface area contributed by atoms with Crippen LogP contribution in [-0.4, -0.2) is 21.5 Å². The minimum absolute atomic E-state index is 0.161. The van der Waals surface area contributed by atoms with E-state index in [0.29, 0.717) is 22.1 Å². The van der Waals surface area contributed by atoms with Gasteiger partial charge in [-0.1, -0.05) is 23.7 Å². The topological polar surface area (TPSA) is 91.8 Å². The van der Waals surface area contributed by atoms with E-state index in [1.54, 1.807) is 42.6 Å². The van der Waals surface area contributed by atoms with Crippen LogP contribution in [0, 0.1) is 11.3 Å². The maximum Gasteiger partial charge on any atom is 0.246 e. The van der Waals surface area contributed by atoms with Gasteiger partial charge in [0.05, 0.1) is 30.0 Å². The fourth-order valence-electron chi connectivity index (χ4n) is 3.45. The molecular formula is C27H18ClN5O2S. The van der Waals surface area contributed by atoms with Gasteiger partial charge < -0.3 is 4.74 Å². The molecule has 0 bridgehead atoms. The van der Waals surface area contributed by atoms with E-state index < -0.39 is 0 Å². The lowest BCUT2D eigenvalue weighted by Crippen LogP contribution is -2.20. The van der Waals surface area contributed by atoms with Gasteiger partial charge in [0.2, 0.25) is 5.91 Å². The second kappa shape index (κ2) is 10.4. The Bertz CT molecular complexity index is 1580. The van der Waals surface area contributed by atoms with E-state index in [1.807, 2.05) is 52.4 Å². The molecule has 0 fully saturated rings. The number of aromatic nitrogens is 2. The Kier molecular flexibility index (Phi) is 6.76. The average molecular weight is 512 g/mol. The van der Waals surface area contributed by atoms with E-state index in [0.717, 1.165) is 27.5 Å². The molecule has 0 spiro atoms. The molecule has 0 saturated heterocycles. The van der Waals surface area contributed by atoms with E-state index in [-0.39, 0.29) is 12.3 Å². The molecule has 0 aliphatic rings. The molecule has 0 aliphatic heterocycles. The number of halogens is 1. The largest absolute Gasteiger partial charge is 0.457 e. The Balaban J connectivity index is 1.18. The smallest absolute Gasteiger partial charge is 0.246 e. The van der Waals surface area contributed by atoms with Crippen molar-refractivity contribution in [2.75, 3.05) is 0 Å². The number of hydrogen-bond donors (Lipinski definition) is 1. The third kappa shape index (κ3) is 5.44. The molecule has 0 aliphatic carbocycles. The highest BCUT2D eigenvalue weighted by molar-refractivity contribution is 7.15. The zero-order chi connectivity index (χ0) is 24.9. The minimum atomic E-state index is -0.234. The first kappa shape index (κ1) is 23.3. The van der Waals surface area contributed by atoms with E-state index >= 15 is 0 Å².